The van der Waals surface area contributed by atoms with E-state index in [1.165, 1.54) is 38.8 Å². The van der Waals surface area contributed by atoms with E-state index in [0.29, 0.717) is 11.8 Å². The minimum absolute atomic E-state index is 0.341. The van der Waals surface area contributed by atoms with Crippen LogP contribution in [0.3, 0.4) is 0 Å². The number of piperidine rings is 1. The number of likely N-dealkylation sites (tertiary alicyclic amines) is 1. The Morgan fingerprint density at radius 2 is 1.62 bits per heavy atom. The van der Waals surface area contributed by atoms with Crippen molar-refractivity contribution >= 4 is 11.9 Å². The molecule has 3 heterocycles. The predicted molar refractivity (Wildman–Crippen MR) is 92.8 cm³/mol. The van der Waals surface area contributed by atoms with Crippen molar-refractivity contribution in [2.75, 3.05) is 44.2 Å². The number of rotatable bonds is 4. The third-order valence-corrected chi connectivity index (χ3v) is 5.64. The van der Waals surface area contributed by atoms with Crippen molar-refractivity contribution in [3.8, 4) is 0 Å². The van der Waals surface area contributed by atoms with Gasteiger partial charge in [0.1, 0.15) is 0 Å². The van der Waals surface area contributed by atoms with Gasteiger partial charge in [-0.25, -0.2) is 9.97 Å². The van der Waals surface area contributed by atoms with E-state index in [9.17, 15) is 4.79 Å². The molecule has 130 valence electrons. The Labute approximate surface area is 143 Å². The molecule has 2 saturated heterocycles. The molecule has 0 aromatic carbocycles. The normalized spacial score (nSPS) is 23.5. The van der Waals surface area contributed by atoms with Gasteiger partial charge in [0.15, 0.2) is 0 Å². The van der Waals surface area contributed by atoms with E-state index in [2.05, 4.69) is 19.8 Å². The average molecular weight is 329 g/mol. The van der Waals surface area contributed by atoms with E-state index < -0.39 is 0 Å². The van der Waals surface area contributed by atoms with Gasteiger partial charge >= 0.3 is 0 Å². The van der Waals surface area contributed by atoms with Crippen LogP contribution in [0.5, 0.6) is 0 Å². The number of hydrogen-bond acceptors (Lipinski definition) is 5. The van der Waals surface area contributed by atoms with Crippen LogP contribution < -0.4 is 4.90 Å². The Balaban J connectivity index is 1.22. The lowest BCUT2D eigenvalue weighted by Crippen LogP contribution is -2.49. The lowest BCUT2D eigenvalue weighted by Gasteiger charge is -2.36. The van der Waals surface area contributed by atoms with Gasteiger partial charge in [0.2, 0.25) is 11.9 Å². The fourth-order valence-corrected chi connectivity index (χ4v) is 3.95. The van der Waals surface area contributed by atoms with Gasteiger partial charge in [-0.1, -0.05) is 0 Å². The minimum atomic E-state index is 0.341. The third-order valence-electron chi connectivity index (χ3n) is 5.64. The molecule has 0 spiro atoms. The largest absolute Gasteiger partial charge is 0.339 e. The maximum Gasteiger partial charge on any atom is 0.225 e. The van der Waals surface area contributed by atoms with Crippen molar-refractivity contribution in [2.24, 2.45) is 5.92 Å². The first-order valence-corrected chi connectivity index (χ1v) is 9.33. The summed E-state index contributed by atoms with van der Waals surface area (Å²) >= 11 is 0. The number of carbonyl (C=O) groups is 1. The zero-order valence-corrected chi connectivity index (χ0v) is 14.3. The molecule has 4 rings (SSSR count). The Hall–Kier alpha value is -1.69. The molecule has 3 aliphatic rings. The maximum absolute atomic E-state index is 12.6. The molecular formula is C18H27N5O. The zero-order valence-electron chi connectivity index (χ0n) is 14.3. The Kier molecular flexibility index (Phi) is 4.65. The lowest BCUT2D eigenvalue weighted by molar-refractivity contribution is -0.132. The highest BCUT2D eigenvalue weighted by Gasteiger charge is 2.33. The summed E-state index contributed by atoms with van der Waals surface area (Å²) in [6.45, 7) is 5.63. The minimum Gasteiger partial charge on any atom is -0.339 e. The number of hydrogen-bond donors (Lipinski definition) is 0. The van der Waals surface area contributed by atoms with Gasteiger partial charge in [-0.2, -0.15) is 0 Å². The highest BCUT2D eigenvalue weighted by atomic mass is 16.2. The zero-order chi connectivity index (χ0) is 16.4. The fraction of sp³-hybridized carbons (Fsp3) is 0.722. The van der Waals surface area contributed by atoms with Gasteiger partial charge in [0.05, 0.1) is 0 Å². The summed E-state index contributed by atoms with van der Waals surface area (Å²) < 4.78 is 0. The summed E-state index contributed by atoms with van der Waals surface area (Å²) in [6, 6.07) is 2.70. The van der Waals surface area contributed by atoms with Crippen molar-refractivity contribution in [1.82, 2.24) is 19.8 Å². The second kappa shape index (κ2) is 7.05. The first kappa shape index (κ1) is 15.8. The van der Waals surface area contributed by atoms with Crippen LogP contribution in [-0.4, -0.2) is 71.0 Å². The van der Waals surface area contributed by atoms with Crippen LogP contribution in [-0.2, 0) is 4.79 Å². The maximum atomic E-state index is 12.6. The molecule has 6 nitrogen and oxygen atoms in total. The molecular weight excluding hydrogens is 302 g/mol. The number of piperazine rings is 1. The summed E-state index contributed by atoms with van der Waals surface area (Å²) in [5, 5.41) is 0. The van der Waals surface area contributed by atoms with Gasteiger partial charge in [0.25, 0.3) is 0 Å². The molecule has 3 fully saturated rings. The number of nitrogens with zero attached hydrogens (tertiary/aromatic N) is 5. The third kappa shape index (κ3) is 3.69. The van der Waals surface area contributed by atoms with Crippen LogP contribution in [0.4, 0.5) is 5.95 Å². The average Bonchev–Trinajstić information content (AvgIpc) is 3.48. The monoisotopic (exact) mass is 329 g/mol. The quantitative estimate of drug-likeness (QED) is 0.835. The molecule has 0 N–H and O–H groups in total. The van der Waals surface area contributed by atoms with Crippen LogP contribution in [0.2, 0.25) is 0 Å². The van der Waals surface area contributed by atoms with E-state index in [4.69, 9.17) is 0 Å². The molecule has 0 radical (unpaired) electrons. The van der Waals surface area contributed by atoms with Gasteiger partial charge in [0, 0.05) is 51.0 Å². The van der Waals surface area contributed by atoms with E-state index in [-0.39, 0.29) is 0 Å². The Morgan fingerprint density at radius 3 is 2.25 bits per heavy atom. The molecule has 0 unspecified atom stereocenters. The lowest BCUT2D eigenvalue weighted by atomic mass is 9.92. The molecule has 1 aliphatic carbocycles. The summed E-state index contributed by atoms with van der Waals surface area (Å²) in [4.78, 5) is 28.0. The molecule has 1 aromatic rings. The van der Waals surface area contributed by atoms with Crippen molar-refractivity contribution < 1.29 is 4.79 Å². The first-order valence-electron chi connectivity index (χ1n) is 9.33. The van der Waals surface area contributed by atoms with E-state index in [0.717, 1.165) is 44.6 Å². The SMILES string of the molecule is O=C(CC1CCN(C2CC2)CC1)N1CCN(c2ncccn2)CC1. The van der Waals surface area contributed by atoms with Gasteiger partial charge < -0.3 is 14.7 Å². The van der Waals surface area contributed by atoms with Crippen LogP contribution in [0, 0.1) is 5.92 Å². The topological polar surface area (TPSA) is 52.6 Å². The highest BCUT2D eigenvalue weighted by Crippen LogP contribution is 2.31. The summed E-state index contributed by atoms with van der Waals surface area (Å²) in [6.07, 6.45) is 9.44. The highest BCUT2D eigenvalue weighted by molar-refractivity contribution is 5.76. The van der Waals surface area contributed by atoms with Crippen LogP contribution in [0.15, 0.2) is 18.5 Å². The van der Waals surface area contributed by atoms with E-state index in [1.54, 1.807) is 12.4 Å². The summed E-state index contributed by atoms with van der Waals surface area (Å²) in [7, 11) is 0. The number of aromatic nitrogens is 2. The molecule has 1 amide bonds. The second-order valence-electron chi connectivity index (χ2n) is 7.33. The fourth-order valence-electron chi connectivity index (χ4n) is 3.95. The van der Waals surface area contributed by atoms with Gasteiger partial charge in [-0.05, 0) is 50.8 Å². The molecule has 0 atom stereocenters. The number of anilines is 1. The Morgan fingerprint density at radius 1 is 0.958 bits per heavy atom. The molecule has 2 aliphatic heterocycles. The smallest absolute Gasteiger partial charge is 0.225 e. The van der Waals surface area contributed by atoms with Gasteiger partial charge in [-0.15, -0.1) is 0 Å². The summed E-state index contributed by atoms with van der Waals surface area (Å²) in [5.41, 5.74) is 0. The van der Waals surface area contributed by atoms with Crippen LogP contribution >= 0.6 is 0 Å². The predicted octanol–water partition coefficient (Wildman–Crippen LogP) is 1.39. The van der Waals surface area contributed by atoms with Crippen molar-refractivity contribution in [1.29, 1.82) is 0 Å². The first-order chi connectivity index (χ1) is 11.8. The van der Waals surface area contributed by atoms with Crippen molar-refractivity contribution in [2.45, 2.75) is 38.1 Å². The number of amides is 1. The standard InChI is InChI=1S/C18H27N5O/c24-17(14-15-4-8-21(9-5-15)16-2-3-16)22-10-12-23(13-11-22)18-19-6-1-7-20-18/h1,6-7,15-16H,2-5,8-14H2. The van der Waals surface area contributed by atoms with Crippen LogP contribution in [0.25, 0.3) is 0 Å². The van der Waals surface area contributed by atoms with E-state index >= 15 is 0 Å². The number of carbonyl (C=O) groups excluding carboxylic acids is 1. The van der Waals surface area contributed by atoms with Crippen molar-refractivity contribution in [3.63, 3.8) is 0 Å². The van der Waals surface area contributed by atoms with E-state index in [1.807, 2.05) is 11.0 Å². The molecule has 1 aromatic heterocycles. The molecule has 0 bridgehead atoms. The summed E-state index contributed by atoms with van der Waals surface area (Å²) in [5.74, 6) is 1.70. The molecule has 6 heteroatoms. The van der Waals surface area contributed by atoms with Crippen LogP contribution in [0.1, 0.15) is 32.1 Å². The Bertz CT molecular complexity index is 546. The molecule has 1 saturated carbocycles. The second-order valence-corrected chi connectivity index (χ2v) is 7.33. The molecule has 24 heavy (non-hydrogen) atoms. The van der Waals surface area contributed by atoms with Gasteiger partial charge in [-0.3, -0.25) is 4.79 Å². The van der Waals surface area contributed by atoms with Crippen molar-refractivity contribution in [3.05, 3.63) is 18.5 Å².